The maximum absolute atomic E-state index is 9.51. The molecule has 0 atom stereocenters. The highest BCUT2D eigenvalue weighted by Gasteiger charge is 2.13. The lowest BCUT2D eigenvalue weighted by atomic mass is 10.1. The number of rotatable bonds is 3. The Labute approximate surface area is 144 Å². The molecule has 0 saturated heterocycles. The van der Waals surface area contributed by atoms with Crippen molar-refractivity contribution in [3.05, 3.63) is 64.5 Å². The van der Waals surface area contributed by atoms with Crippen LogP contribution >= 0.6 is 12.2 Å². The number of aliphatic hydroxyl groups is 1. The monoisotopic (exact) mass is 339 g/mol. The molecule has 6 heteroatoms. The lowest BCUT2D eigenvalue weighted by Crippen LogP contribution is -2.20. The third-order valence-electron chi connectivity index (χ3n) is 3.80. The number of nitrogens with zero attached hydrogens (tertiary/aromatic N) is 1. The third kappa shape index (κ3) is 3.06. The largest absolute Gasteiger partial charge is 0.436 e. The number of aryl methyl sites for hydroxylation is 2. The number of hydrogen-bond donors (Lipinski definition) is 3. The Morgan fingerprint density at radius 3 is 2.67 bits per heavy atom. The van der Waals surface area contributed by atoms with Crippen molar-refractivity contribution >= 4 is 33.9 Å². The molecule has 0 spiro atoms. The van der Waals surface area contributed by atoms with E-state index in [0.717, 1.165) is 11.3 Å². The van der Waals surface area contributed by atoms with Crippen LogP contribution in [0, 0.1) is 19.3 Å². The summed E-state index contributed by atoms with van der Waals surface area (Å²) >= 11 is 5.43. The van der Waals surface area contributed by atoms with Crippen molar-refractivity contribution in [1.82, 2.24) is 4.98 Å². The maximum Gasteiger partial charge on any atom is 0.222 e. The quantitative estimate of drug-likeness (QED) is 0.638. The summed E-state index contributed by atoms with van der Waals surface area (Å²) in [4.78, 5) is 4.58. The van der Waals surface area contributed by atoms with Gasteiger partial charge in [-0.1, -0.05) is 29.9 Å². The fourth-order valence-electron chi connectivity index (χ4n) is 2.43. The van der Waals surface area contributed by atoms with Crippen molar-refractivity contribution in [2.75, 3.05) is 5.32 Å². The summed E-state index contributed by atoms with van der Waals surface area (Å²) in [6.07, 6.45) is 1.61. The zero-order chi connectivity index (χ0) is 17.3. The van der Waals surface area contributed by atoms with Gasteiger partial charge in [-0.25, -0.2) is 0 Å². The molecule has 0 amide bonds. The summed E-state index contributed by atoms with van der Waals surface area (Å²) in [5.74, 6) is 0. The van der Waals surface area contributed by atoms with Crippen LogP contribution in [0.3, 0.4) is 0 Å². The number of pyridine rings is 1. The second-order valence-corrected chi connectivity index (χ2v) is 5.99. The molecule has 0 aliphatic heterocycles. The van der Waals surface area contributed by atoms with Crippen molar-refractivity contribution < 1.29 is 9.52 Å². The molecule has 24 heavy (non-hydrogen) atoms. The molecule has 0 aliphatic rings. The Bertz CT molecular complexity index is 978. The smallest absolute Gasteiger partial charge is 0.222 e. The number of hydrogen-bond acceptors (Lipinski definition) is 5. The van der Waals surface area contributed by atoms with E-state index in [9.17, 15) is 5.11 Å². The average molecular weight is 339 g/mol. The maximum atomic E-state index is 9.51. The van der Waals surface area contributed by atoms with Crippen LogP contribution in [0.2, 0.25) is 0 Å². The normalized spacial score (nSPS) is 10.8. The number of anilines is 1. The first-order valence-electron chi connectivity index (χ1n) is 7.45. The average Bonchev–Trinajstić information content (AvgIpc) is 2.57. The van der Waals surface area contributed by atoms with Crippen LogP contribution in [0.25, 0.3) is 11.0 Å². The first-order valence-corrected chi connectivity index (χ1v) is 7.86. The van der Waals surface area contributed by atoms with Gasteiger partial charge in [0.25, 0.3) is 0 Å². The molecule has 3 N–H and O–H groups in total. The zero-order valence-corrected chi connectivity index (χ0v) is 14.2. The highest BCUT2D eigenvalue weighted by Crippen LogP contribution is 2.21. The Kier molecular flexibility index (Phi) is 4.42. The van der Waals surface area contributed by atoms with Crippen LogP contribution in [-0.2, 0) is 6.61 Å². The molecular formula is C18H17N3O2S. The van der Waals surface area contributed by atoms with E-state index in [1.165, 1.54) is 0 Å². The molecule has 0 radical (unpaired) electrons. The van der Waals surface area contributed by atoms with Crippen molar-refractivity contribution in [3.63, 3.8) is 0 Å². The number of benzene rings is 1. The third-order valence-corrected chi connectivity index (χ3v) is 4.12. The first kappa shape index (κ1) is 16.3. The standard InChI is InChI=1S/C18H17N3O2S/c1-10-3-5-13(6-4-10)21-18(24)15-7-14-12(9-22)8-20-11(2)16(14)23-17(15)19/h3-8,19,22H,9H2,1-2H3,(H,21,24). The molecule has 2 aromatic heterocycles. The molecule has 0 aliphatic carbocycles. The summed E-state index contributed by atoms with van der Waals surface area (Å²) in [5, 5.41) is 21.5. The molecule has 3 aromatic rings. The van der Waals surface area contributed by atoms with Crippen molar-refractivity contribution in [2.24, 2.45) is 0 Å². The van der Waals surface area contributed by atoms with E-state index in [1.54, 1.807) is 19.2 Å². The molecule has 1 aromatic carbocycles. The zero-order valence-electron chi connectivity index (χ0n) is 13.4. The van der Waals surface area contributed by atoms with Gasteiger partial charge in [-0.2, -0.15) is 0 Å². The molecule has 0 bridgehead atoms. The van der Waals surface area contributed by atoms with Crippen LogP contribution in [-0.4, -0.2) is 15.1 Å². The minimum atomic E-state index is -0.158. The fourth-order valence-corrected chi connectivity index (χ4v) is 2.70. The van der Waals surface area contributed by atoms with E-state index < -0.39 is 0 Å². The van der Waals surface area contributed by atoms with Crippen molar-refractivity contribution in [3.8, 4) is 0 Å². The van der Waals surface area contributed by atoms with Crippen LogP contribution in [0.4, 0.5) is 5.69 Å². The predicted molar refractivity (Wildman–Crippen MR) is 97.0 cm³/mol. The minimum Gasteiger partial charge on any atom is -0.436 e. The van der Waals surface area contributed by atoms with E-state index in [0.29, 0.717) is 32.8 Å². The Morgan fingerprint density at radius 2 is 2.00 bits per heavy atom. The molecule has 0 saturated carbocycles. The topological polar surface area (TPSA) is 82.1 Å². The second-order valence-electron chi connectivity index (χ2n) is 5.58. The summed E-state index contributed by atoms with van der Waals surface area (Å²) in [7, 11) is 0. The van der Waals surface area contributed by atoms with E-state index in [-0.39, 0.29) is 12.2 Å². The van der Waals surface area contributed by atoms with Gasteiger partial charge < -0.3 is 14.8 Å². The summed E-state index contributed by atoms with van der Waals surface area (Å²) in [5.41, 5.74) is 4.24. The van der Waals surface area contributed by atoms with Gasteiger partial charge in [0, 0.05) is 22.8 Å². The molecule has 5 nitrogen and oxygen atoms in total. The van der Waals surface area contributed by atoms with Gasteiger partial charge in [0.1, 0.15) is 4.99 Å². The Morgan fingerprint density at radius 1 is 1.29 bits per heavy atom. The van der Waals surface area contributed by atoms with Crippen LogP contribution in [0.15, 0.2) is 40.9 Å². The Hall–Kier alpha value is -2.57. The highest BCUT2D eigenvalue weighted by atomic mass is 32.1. The van der Waals surface area contributed by atoms with E-state index in [4.69, 9.17) is 22.0 Å². The van der Waals surface area contributed by atoms with Gasteiger partial charge in [-0.15, -0.1) is 0 Å². The summed E-state index contributed by atoms with van der Waals surface area (Å²) in [6, 6.07) is 9.59. The molecule has 3 rings (SSSR count). The number of aliphatic hydroxyl groups excluding tert-OH is 1. The molecule has 0 fully saturated rings. The Balaban J connectivity index is 2.05. The van der Waals surface area contributed by atoms with Gasteiger partial charge in [0.2, 0.25) is 5.55 Å². The molecular weight excluding hydrogens is 322 g/mol. The first-order chi connectivity index (χ1) is 11.5. The predicted octanol–water partition coefficient (Wildman–Crippen LogP) is 3.20. The van der Waals surface area contributed by atoms with E-state index in [2.05, 4.69) is 10.3 Å². The van der Waals surface area contributed by atoms with Crippen LogP contribution in [0.5, 0.6) is 0 Å². The van der Waals surface area contributed by atoms with E-state index >= 15 is 0 Å². The SMILES string of the molecule is Cc1ccc(NC(=S)c2cc3c(CO)cnc(C)c3oc2=N)cc1. The summed E-state index contributed by atoms with van der Waals surface area (Å²) in [6.45, 7) is 3.65. The van der Waals surface area contributed by atoms with Gasteiger partial charge >= 0.3 is 0 Å². The number of nitrogens with one attached hydrogen (secondary N) is 2. The molecule has 122 valence electrons. The second kappa shape index (κ2) is 6.51. The van der Waals surface area contributed by atoms with Gasteiger partial charge in [0.05, 0.1) is 17.9 Å². The van der Waals surface area contributed by atoms with E-state index in [1.807, 2.05) is 31.2 Å². The fraction of sp³-hybridized carbons (Fsp3) is 0.167. The highest BCUT2D eigenvalue weighted by molar-refractivity contribution is 7.81. The molecule has 2 heterocycles. The van der Waals surface area contributed by atoms with Crippen LogP contribution < -0.4 is 10.9 Å². The van der Waals surface area contributed by atoms with Gasteiger partial charge in [-0.05, 0) is 32.0 Å². The van der Waals surface area contributed by atoms with Gasteiger partial charge in [-0.3, -0.25) is 10.4 Å². The number of thiocarbonyl (C=S) groups is 1. The lowest BCUT2D eigenvalue weighted by Gasteiger charge is -2.11. The van der Waals surface area contributed by atoms with Crippen molar-refractivity contribution in [2.45, 2.75) is 20.5 Å². The summed E-state index contributed by atoms with van der Waals surface area (Å²) < 4.78 is 5.61. The van der Waals surface area contributed by atoms with Gasteiger partial charge in [0.15, 0.2) is 5.58 Å². The van der Waals surface area contributed by atoms with Crippen molar-refractivity contribution in [1.29, 1.82) is 5.41 Å². The number of fused-ring (bicyclic) bond motifs is 1. The molecule has 0 unspecified atom stereocenters. The lowest BCUT2D eigenvalue weighted by molar-refractivity contribution is 0.282. The van der Waals surface area contributed by atoms with Crippen LogP contribution in [0.1, 0.15) is 22.4 Å². The number of aromatic nitrogens is 1. The minimum absolute atomic E-state index is 0.0351.